The molecular weight excluding hydrogens is 277 g/mol. The van der Waals surface area contributed by atoms with Crippen LogP contribution >= 0.6 is 11.6 Å². The second-order valence-electron chi connectivity index (χ2n) is 5.43. The van der Waals surface area contributed by atoms with Crippen molar-refractivity contribution in [2.24, 2.45) is 13.0 Å². The quantitative estimate of drug-likeness (QED) is 0.935. The summed E-state index contributed by atoms with van der Waals surface area (Å²) < 4.78 is 15.8. The van der Waals surface area contributed by atoms with Crippen molar-refractivity contribution in [2.75, 3.05) is 5.73 Å². The van der Waals surface area contributed by atoms with E-state index in [4.69, 9.17) is 17.3 Å². The first-order valence-electron chi connectivity index (χ1n) is 6.83. The van der Waals surface area contributed by atoms with Gasteiger partial charge in [0.05, 0.1) is 16.3 Å². The monoisotopic (exact) mass is 293 g/mol. The maximum atomic E-state index is 14.2. The highest BCUT2D eigenvalue weighted by Gasteiger charge is 2.25. The van der Waals surface area contributed by atoms with Gasteiger partial charge in [0.1, 0.15) is 11.6 Å². The number of hydrogen-bond donors (Lipinski definition) is 1. The minimum absolute atomic E-state index is 0.355. The molecule has 1 saturated carbocycles. The molecule has 1 heterocycles. The Hall–Kier alpha value is -1.55. The average Bonchev–Trinajstić information content (AvgIpc) is 2.61. The van der Waals surface area contributed by atoms with Crippen LogP contribution < -0.4 is 5.73 Å². The largest absolute Gasteiger partial charge is 0.383 e. The van der Waals surface area contributed by atoms with Crippen LogP contribution in [0.1, 0.15) is 25.0 Å². The number of anilines is 1. The number of benzene rings is 1. The predicted octanol–water partition coefficient (Wildman–Crippen LogP) is 3.80. The molecule has 3 rings (SSSR count). The third-order valence-electron chi connectivity index (χ3n) is 4.08. The molecule has 0 atom stereocenters. The fourth-order valence-electron chi connectivity index (χ4n) is 2.72. The second-order valence-corrected chi connectivity index (χ2v) is 5.84. The van der Waals surface area contributed by atoms with E-state index in [9.17, 15) is 4.39 Å². The highest BCUT2D eigenvalue weighted by Crippen LogP contribution is 2.39. The van der Waals surface area contributed by atoms with Crippen molar-refractivity contribution in [3.8, 4) is 11.1 Å². The summed E-state index contributed by atoms with van der Waals surface area (Å²) in [7, 11) is 1.78. The molecule has 0 aliphatic heterocycles. The van der Waals surface area contributed by atoms with Gasteiger partial charge in [-0.3, -0.25) is 4.68 Å². The van der Waals surface area contributed by atoms with Gasteiger partial charge >= 0.3 is 0 Å². The topological polar surface area (TPSA) is 43.8 Å². The standard InChI is InChI=1S/C15H17ClFN3/c1-20-15(18)14(12(19-20)8-9-4-2-5-9)13-10(16)6-3-7-11(13)17/h3,6-7,9H,2,4-5,8,18H2,1H3. The Morgan fingerprint density at radius 3 is 2.75 bits per heavy atom. The summed E-state index contributed by atoms with van der Waals surface area (Å²) in [5.41, 5.74) is 7.96. The lowest BCUT2D eigenvalue weighted by molar-refractivity contribution is 0.311. The summed E-state index contributed by atoms with van der Waals surface area (Å²) in [4.78, 5) is 0. The second kappa shape index (κ2) is 5.09. The molecule has 1 fully saturated rings. The lowest BCUT2D eigenvalue weighted by Crippen LogP contribution is -2.14. The van der Waals surface area contributed by atoms with E-state index >= 15 is 0 Å². The van der Waals surface area contributed by atoms with Gasteiger partial charge in [0.25, 0.3) is 0 Å². The molecule has 1 aliphatic rings. The van der Waals surface area contributed by atoms with Crippen LogP contribution in [0.25, 0.3) is 11.1 Å². The summed E-state index contributed by atoms with van der Waals surface area (Å²) in [6, 6.07) is 4.68. The maximum absolute atomic E-state index is 14.2. The van der Waals surface area contributed by atoms with E-state index in [1.165, 1.54) is 25.3 Å². The Labute approximate surface area is 122 Å². The van der Waals surface area contributed by atoms with Gasteiger partial charge in [0, 0.05) is 12.6 Å². The Kier molecular flexibility index (Phi) is 3.42. The van der Waals surface area contributed by atoms with Crippen molar-refractivity contribution in [3.05, 3.63) is 34.7 Å². The van der Waals surface area contributed by atoms with Gasteiger partial charge in [0.15, 0.2) is 0 Å². The molecule has 0 amide bonds. The summed E-state index contributed by atoms with van der Waals surface area (Å²) >= 11 is 6.17. The third-order valence-corrected chi connectivity index (χ3v) is 4.40. The Morgan fingerprint density at radius 1 is 1.40 bits per heavy atom. The van der Waals surface area contributed by atoms with Crippen LogP contribution in [-0.2, 0) is 13.5 Å². The van der Waals surface area contributed by atoms with Gasteiger partial charge in [-0.2, -0.15) is 5.10 Å². The van der Waals surface area contributed by atoms with E-state index in [0.717, 1.165) is 12.1 Å². The SMILES string of the molecule is Cn1nc(CC2CCC2)c(-c2c(F)cccc2Cl)c1N. The molecule has 1 aromatic heterocycles. The molecule has 1 aromatic carbocycles. The molecule has 2 aromatic rings. The summed E-state index contributed by atoms with van der Waals surface area (Å²) in [6.07, 6.45) is 4.52. The van der Waals surface area contributed by atoms with Gasteiger partial charge < -0.3 is 5.73 Å². The van der Waals surface area contributed by atoms with Crippen molar-refractivity contribution < 1.29 is 4.39 Å². The van der Waals surface area contributed by atoms with Crippen LogP contribution in [0.15, 0.2) is 18.2 Å². The summed E-state index contributed by atoms with van der Waals surface area (Å²) in [5.74, 6) is 0.743. The van der Waals surface area contributed by atoms with Crippen LogP contribution in [-0.4, -0.2) is 9.78 Å². The zero-order valence-electron chi connectivity index (χ0n) is 11.4. The predicted molar refractivity (Wildman–Crippen MR) is 79.1 cm³/mol. The van der Waals surface area contributed by atoms with Crippen molar-refractivity contribution in [1.29, 1.82) is 0 Å². The van der Waals surface area contributed by atoms with Gasteiger partial charge in [-0.1, -0.05) is 36.9 Å². The molecule has 1 aliphatic carbocycles. The van der Waals surface area contributed by atoms with Crippen LogP contribution in [0.5, 0.6) is 0 Å². The van der Waals surface area contributed by atoms with Crippen molar-refractivity contribution in [3.63, 3.8) is 0 Å². The number of aromatic nitrogens is 2. The highest BCUT2D eigenvalue weighted by atomic mass is 35.5. The summed E-state index contributed by atoms with van der Waals surface area (Å²) in [5, 5.41) is 4.83. The molecule has 0 unspecified atom stereocenters. The number of halogens is 2. The van der Waals surface area contributed by atoms with E-state index in [1.807, 2.05) is 0 Å². The minimum Gasteiger partial charge on any atom is -0.383 e. The minimum atomic E-state index is -0.355. The zero-order chi connectivity index (χ0) is 14.3. The Balaban J connectivity index is 2.11. The molecule has 0 radical (unpaired) electrons. The lowest BCUT2D eigenvalue weighted by Gasteiger charge is -2.24. The fraction of sp³-hybridized carbons (Fsp3) is 0.400. The molecule has 0 saturated heterocycles. The first kappa shape index (κ1) is 13.4. The maximum Gasteiger partial charge on any atom is 0.132 e. The first-order chi connectivity index (χ1) is 9.58. The highest BCUT2D eigenvalue weighted by molar-refractivity contribution is 6.33. The number of nitrogens with zero attached hydrogens (tertiary/aromatic N) is 2. The van der Waals surface area contributed by atoms with Crippen molar-refractivity contribution in [1.82, 2.24) is 9.78 Å². The lowest BCUT2D eigenvalue weighted by atomic mass is 9.81. The van der Waals surface area contributed by atoms with Crippen molar-refractivity contribution >= 4 is 17.4 Å². The van der Waals surface area contributed by atoms with E-state index < -0.39 is 0 Å². The first-order valence-corrected chi connectivity index (χ1v) is 7.21. The van der Waals surface area contributed by atoms with E-state index in [0.29, 0.717) is 27.9 Å². The van der Waals surface area contributed by atoms with E-state index in [2.05, 4.69) is 5.10 Å². The Bertz CT molecular complexity index is 627. The van der Waals surface area contributed by atoms with Crippen LogP contribution in [0, 0.1) is 11.7 Å². The van der Waals surface area contributed by atoms with Crippen LogP contribution in [0.3, 0.4) is 0 Å². The molecule has 106 valence electrons. The van der Waals surface area contributed by atoms with Gasteiger partial charge in [-0.25, -0.2) is 4.39 Å². The molecular formula is C15H17ClFN3. The van der Waals surface area contributed by atoms with Gasteiger partial charge in [-0.05, 0) is 24.5 Å². The average molecular weight is 294 g/mol. The molecule has 0 spiro atoms. The van der Waals surface area contributed by atoms with Crippen LogP contribution in [0.4, 0.5) is 10.2 Å². The van der Waals surface area contributed by atoms with Gasteiger partial charge in [-0.15, -0.1) is 0 Å². The fourth-order valence-corrected chi connectivity index (χ4v) is 2.97. The smallest absolute Gasteiger partial charge is 0.132 e. The van der Waals surface area contributed by atoms with E-state index in [-0.39, 0.29) is 5.82 Å². The normalized spacial score (nSPS) is 15.3. The zero-order valence-corrected chi connectivity index (χ0v) is 12.1. The van der Waals surface area contributed by atoms with Crippen LogP contribution in [0.2, 0.25) is 5.02 Å². The summed E-state index contributed by atoms with van der Waals surface area (Å²) in [6.45, 7) is 0. The number of hydrogen-bond acceptors (Lipinski definition) is 2. The third kappa shape index (κ3) is 2.18. The molecule has 2 N–H and O–H groups in total. The van der Waals surface area contributed by atoms with Crippen molar-refractivity contribution in [2.45, 2.75) is 25.7 Å². The molecule has 5 heteroatoms. The molecule has 20 heavy (non-hydrogen) atoms. The number of nitrogens with two attached hydrogens (primary N) is 1. The van der Waals surface area contributed by atoms with Gasteiger partial charge in [0.2, 0.25) is 0 Å². The Morgan fingerprint density at radius 2 is 2.15 bits per heavy atom. The molecule has 0 bridgehead atoms. The number of nitrogen functional groups attached to an aromatic ring is 1. The number of rotatable bonds is 3. The molecule has 3 nitrogen and oxygen atoms in total. The number of aryl methyl sites for hydroxylation is 1. The van der Waals surface area contributed by atoms with E-state index in [1.54, 1.807) is 23.9 Å².